The maximum Gasteiger partial charge on any atom is 0.175 e. The van der Waals surface area contributed by atoms with E-state index in [0.29, 0.717) is 17.1 Å². The molecule has 0 unspecified atom stereocenters. The topological polar surface area (TPSA) is 51.0 Å². The van der Waals surface area contributed by atoms with Crippen molar-refractivity contribution in [2.75, 3.05) is 7.11 Å². The van der Waals surface area contributed by atoms with Crippen molar-refractivity contribution in [3.63, 3.8) is 0 Å². The van der Waals surface area contributed by atoms with Gasteiger partial charge in [0.05, 0.1) is 7.11 Å². The van der Waals surface area contributed by atoms with E-state index >= 15 is 0 Å². The molecule has 0 saturated carbocycles. The third kappa shape index (κ3) is 5.45. The first-order chi connectivity index (χ1) is 11.1. The highest BCUT2D eigenvalue weighted by molar-refractivity contribution is 6.69. The van der Waals surface area contributed by atoms with E-state index in [9.17, 15) is 4.39 Å². The molecule has 0 radical (unpaired) electrons. The van der Waals surface area contributed by atoms with Crippen molar-refractivity contribution >= 4 is 16.8 Å². The SMILES string of the molecule is CC.COc1ccc(/C(Cl)=N/O)cc1OCc1ccc(F)cc1. The molecule has 0 bridgehead atoms. The zero-order valence-electron chi connectivity index (χ0n) is 13.2. The predicted molar refractivity (Wildman–Crippen MR) is 89.3 cm³/mol. The van der Waals surface area contributed by atoms with Crippen LogP contribution in [-0.4, -0.2) is 17.5 Å². The molecule has 2 aromatic rings. The molecule has 0 aromatic heterocycles. The molecule has 0 saturated heterocycles. The van der Waals surface area contributed by atoms with Crippen LogP contribution in [0.25, 0.3) is 0 Å². The van der Waals surface area contributed by atoms with E-state index in [-0.39, 0.29) is 17.6 Å². The highest BCUT2D eigenvalue weighted by Crippen LogP contribution is 2.29. The summed E-state index contributed by atoms with van der Waals surface area (Å²) in [6.45, 7) is 4.24. The van der Waals surface area contributed by atoms with Gasteiger partial charge in [-0.25, -0.2) is 4.39 Å². The molecule has 124 valence electrons. The first-order valence-corrected chi connectivity index (χ1v) is 7.45. The third-order valence-corrected chi connectivity index (χ3v) is 3.09. The van der Waals surface area contributed by atoms with Gasteiger partial charge in [-0.2, -0.15) is 0 Å². The average molecular weight is 340 g/mol. The summed E-state index contributed by atoms with van der Waals surface area (Å²) in [6, 6.07) is 10.9. The van der Waals surface area contributed by atoms with E-state index in [1.807, 2.05) is 13.8 Å². The molecule has 0 heterocycles. The molecule has 4 nitrogen and oxygen atoms in total. The lowest BCUT2D eigenvalue weighted by Gasteiger charge is -2.12. The van der Waals surface area contributed by atoms with E-state index in [0.717, 1.165) is 5.56 Å². The summed E-state index contributed by atoms with van der Waals surface area (Å²) in [7, 11) is 1.52. The van der Waals surface area contributed by atoms with Gasteiger partial charge in [0.2, 0.25) is 0 Å². The molecular formula is C17H19ClFNO3. The molecule has 0 atom stereocenters. The van der Waals surface area contributed by atoms with Crippen molar-refractivity contribution in [2.24, 2.45) is 5.16 Å². The zero-order valence-corrected chi connectivity index (χ0v) is 14.0. The van der Waals surface area contributed by atoms with Crippen LogP contribution in [0.5, 0.6) is 11.5 Å². The van der Waals surface area contributed by atoms with Crippen LogP contribution < -0.4 is 9.47 Å². The minimum atomic E-state index is -0.302. The smallest absolute Gasteiger partial charge is 0.175 e. The molecular weight excluding hydrogens is 321 g/mol. The summed E-state index contributed by atoms with van der Waals surface area (Å²) >= 11 is 5.75. The van der Waals surface area contributed by atoms with Gasteiger partial charge in [0.15, 0.2) is 16.7 Å². The fourth-order valence-electron chi connectivity index (χ4n) is 1.72. The maximum atomic E-state index is 12.8. The Hall–Kier alpha value is -2.27. The Bertz CT molecular complexity index is 645. The summed E-state index contributed by atoms with van der Waals surface area (Å²) in [5.41, 5.74) is 1.31. The molecule has 1 N–H and O–H groups in total. The minimum Gasteiger partial charge on any atom is -0.493 e. The largest absolute Gasteiger partial charge is 0.493 e. The van der Waals surface area contributed by atoms with Crippen LogP contribution in [0, 0.1) is 5.82 Å². The van der Waals surface area contributed by atoms with Crippen molar-refractivity contribution in [1.29, 1.82) is 0 Å². The van der Waals surface area contributed by atoms with Crippen molar-refractivity contribution in [1.82, 2.24) is 0 Å². The first-order valence-electron chi connectivity index (χ1n) is 7.07. The molecule has 0 aliphatic heterocycles. The number of hydrogen-bond acceptors (Lipinski definition) is 4. The summed E-state index contributed by atoms with van der Waals surface area (Å²) in [5, 5.41) is 11.6. The summed E-state index contributed by atoms with van der Waals surface area (Å²) in [5.74, 6) is 0.661. The predicted octanol–water partition coefficient (Wildman–Crippen LogP) is 4.81. The normalized spacial score (nSPS) is 10.6. The Kier molecular flexibility index (Phi) is 7.91. The highest BCUT2D eigenvalue weighted by Gasteiger charge is 2.09. The second kappa shape index (κ2) is 9.69. The summed E-state index contributed by atoms with van der Waals surface area (Å²) in [4.78, 5) is 0. The van der Waals surface area contributed by atoms with Gasteiger partial charge >= 0.3 is 0 Å². The molecule has 0 spiro atoms. The number of methoxy groups -OCH3 is 1. The van der Waals surface area contributed by atoms with Gasteiger partial charge in [-0.1, -0.05) is 42.7 Å². The maximum absolute atomic E-state index is 12.8. The van der Waals surface area contributed by atoms with Gasteiger partial charge in [-0.3, -0.25) is 0 Å². The molecule has 0 fully saturated rings. The Morgan fingerprint density at radius 2 is 1.78 bits per heavy atom. The highest BCUT2D eigenvalue weighted by atomic mass is 35.5. The minimum absolute atomic E-state index is 0.0516. The van der Waals surface area contributed by atoms with Crippen molar-refractivity contribution < 1.29 is 19.1 Å². The molecule has 0 aliphatic carbocycles. The average Bonchev–Trinajstić information content (AvgIpc) is 2.62. The van der Waals surface area contributed by atoms with Crippen LogP contribution in [0.15, 0.2) is 47.6 Å². The third-order valence-electron chi connectivity index (χ3n) is 2.80. The van der Waals surface area contributed by atoms with Crippen LogP contribution in [0.2, 0.25) is 0 Å². The number of oxime groups is 1. The second-order valence-electron chi connectivity index (χ2n) is 4.17. The summed E-state index contributed by atoms with van der Waals surface area (Å²) in [6.07, 6.45) is 0. The lowest BCUT2D eigenvalue weighted by Crippen LogP contribution is -2.00. The quantitative estimate of drug-likeness (QED) is 0.483. The van der Waals surface area contributed by atoms with Crippen LogP contribution in [0.3, 0.4) is 0 Å². The Morgan fingerprint density at radius 3 is 2.35 bits per heavy atom. The van der Waals surface area contributed by atoms with Crippen LogP contribution >= 0.6 is 11.6 Å². The number of hydrogen-bond donors (Lipinski definition) is 1. The van der Waals surface area contributed by atoms with Gasteiger partial charge in [-0.05, 0) is 35.9 Å². The van der Waals surface area contributed by atoms with E-state index in [2.05, 4.69) is 5.16 Å². The Morgan fingerprint density at radius 1 is 1.13 bits per heavy atom. The number of benzene rings is 2. The number of nitrogens with zero attached hydrogens (tertiary/aromatic N) is 1. The standard InChI is InChI=1S/C15H13ClFNO3.C2H6/c1-20-13-7-4-11(15(16)18-19)8-14(13)21-9-10-2-5-12(17)6-3-10;1-2/h2-8,19H,9H2,1H3;1-2H3/b18-15-;. The molecule has 0 amide bonds. The van der Waals surface area contributed by atoms with Crippen LogP contribution in [0.4, 0.5) is 4.39 Å². The number of halogens is 2. The first kappa shape index (κ1) is 18.8. The van der Waals surface area contributed by atoms with Crippen molar-refractivity contribution in [2.45, 2.75) is 20.5 Å². The van der Waals surface area contributed by atoms with Crippen LogP contribution in [0.1, 0.15) is 25.0 Å². The Labute approximate surface area is 140 Å². The number of ether oxygens (including phenoxy) is 2. The second-order valence-corrected chi connectivity index (χ2v) is 4.53. The monoisotopic (exact) mass is 339 g/mol. The molecule has 0 aliphatic rings. The van der Waals surface area contributed by atoms with Gasteiger partial charge < -0.3 is 14.7 Å². The fourth-order valence-corrected chi connectivity index (χ4v) is 1.83. The fraction of sp³-hybridized carbons (Fsp3) is 0.235. The van der Waals surface area contributed by atoms with Gasteiger partial charge in [-0.15, -0.1) is 0 Å². The molecule has 2 aromatic carbocycles. The zero-order chi connectivity index (χ0) is 17.2. The lowest BCUT2D eigenvalue weighted by molar-refractivity contribution is 0.284. The van der Waals surface area contributed by atoms with Gasteiger partial charge in [0, 0.05) is 5.56 Å². The van der Waals surface area contributed by atoms with Gasteiger partial charge in [0.1, 0.15) is 12.4 Å². The molecule has 23 heavy (non-hydrogen) atoms. The van der Waals surface area contributed by atoms with Crippen LogP contribution in [-0.2, 0) is 6.61 Å². The molecule has 6 heteroatoms. The van der Waals surface area contributed by atoms with E-state index in [1.54, 1.807) is 30.3 Å². The van der Waals surface area contributed by atoms with E-state index in [1.165, 1.54) is 19.2 Å². The Balaban J connectivity index is 0.00000127. The number of rotatable bonds is 5. The van der Waals surface area contributed by atoms with Crippen molar-refractivity contribution in [3.05, 3.63) is 59.4 Å². The van der Waals surface area contributed by atoms with Crippen molar-refractivity contribution in [3.8, 4) is 11.5 Å². The molecule has 2 rings (SSSR count). The lowest BCUT2D eigenvalue weighted by atomic mass is 10.2. The van der Waals surface area contributed by atoms with E-state index in [4.69, 9.17) is 26.3 Å². The van der Waals surface area contributed by atoms with E-state index < -0.39 is 0 Å². The summed E-state index contributed by atoms with van der Waals surface area (Å²) < 4.78 is 23.7. The van der Waals surface area contributed by atoms with Gasteiger partial charge in [0.25, 0.3) is 0 Å².